The predicted octanol–water partition coefficient (Wildman–Crippen LogP) is 5.66. The van der Waals surface area contributed by atoms with E-state index in [0.29, 0.717) is 38.0 Å². The number of ether oxygens (including phenoxy) is 1. The number of hydrogen-bond acceptors (Lipinski definition) is 3. The number of likely N-dealkylation sites (tertiary alicyclic amines) is 1. The lowest BCUT2D eigenvalue weighted by atomic mass is 9.94. The van der Waals surface area contributed by atoms with Gasteiger partial charge in [0.15, 0.2) is 0 Å². The van der Waals surface area contributed by atoms with Crippen LogP contribution in [0.2, 0.25) is 0 Å². The standard InChI is InChI=1S/C26H29F3N2O3/c1-25(2,3)34-24(33)31-13-4-5-22(31)23(32)30-14-12-18-6-7-19(15-20(18)16-30)17-8-10-21(11-9-17)26(27,28)29/h6-11,15,22H,4-5,12-14,16H2,1-3H3/t22-/m1/s1. The Labute approximate surface area is 197 Å². The van der Waals surface area contributed by atoms with Crippen LogP contribution in [0.1, 0.15) is 50.3 Å². The second kappa shape index (κ2) is 8.96. The quantitative estimate of drug-likeness (QED) is 0.565. The first-order valence-electron chi connectivity index (χ1n) is 11.5. The molecule has 2 aromatic carbocycles. The topological polar surface area (TPSA) is 49.9 Å². The van der Waals surface area contributed by atoms with Crippen LogP contribution in [0, 0.1) is 0 Å². The highest BCUT2D eigenvalue weighted by Crippen LogP contribution is 2.32. The van der Waals surface area contributed by atoms with Crippen molar-refractivity contribution in [2.24, 2.45) is 0 Å². The Hall–Kier alpha value is -3.03. The fraction of sp³-hybridized carbons (Fsp3) is 0.462. The summed E-state index contributed by atoms with van der Waals surface area (Å²) in [6.07, 6.45) is -2.80. The van der Waals surface area contributed by atoms with E-state index in [0.717, 1.165) is 35.2 Å². The molecule has 0 saturated carbocycles. The molecule has 1 saturated heterocycles. The van der Waals surface area contributed by atoms with E-state index in [1.165, 1.54) is 17.0 Å². The molecule has 0 radical (unpaired) electrons. The third-order valence-electron chi connectivity index (χ3n) is 6.24. The van der Waals surface area contributed by atoms with Gasteiger partial charge in [0.2, 0.25) is 5.91 Å². The van der Waals surface area contributed by atoms with Crippen molar-refractivity contribution in [3.63, 3.8) is 0 Å². The summed E-state index contributed by atoms with van der Waals surface area (Å²) in [6.45, 7) is 6.86. The van der Waals surface area contributed by atoms with Gasteiger partial charge < -0.3 is 9.64 Å². The number of nitrogens with zero attached hydrogens (tertiary/aromatic N) is 2. The molecule has 0 N–H and O–H groups in total. The number of carbonyl (C=O) groups is 2. The summed E-state index contributed by atoms with van der Waals surface area (Å²) in [6, 6.07) is 10.4. The molecule has 8 heteroatoms. The summed E-state index contributed by atoms with van der Waals surface area (Å²) < 4.78 is 44.1. The molecule has 1 fully saturated rings. The summed E-state index contributed by atoms with van der Waals surface area (Å²) in [5, 5.41) is 0. The number of halogens is 3. The first kappa shape index (κ1) is 24.1. The number of benzene rings is 2. The largest absolute Gasteiger partial charge is 0.444 e. The van der Waals surface area contributed by atoms with Crippen molar-refractivity contribution < 1.29 is 27.5 Å². The molecular weight excluding hydrogens is 445 g/mol. The van der Waals surface area contributed by atoms with Crippen molar-refractivity contribution in [2.75, 3.05) is 13.1 Å². The van der Waals surface area contributed by atoms with Crippen molar-refractivity contribution >= 4 is 12.0 Å². The molecule has 0 unspecified atom stereocenters. The summed E-state index contributed by atoms with van der Waals surface area (Å²) in [5.74, 6) is -0.0889. The summed E-state index contributed by atoms with van der Waals surface area (Å²) in [7, 11) is 0. The van der Waals surface area contributed by atoms with Crippen LogP contribution in [0.4, 0.5) is 18.0 Å². The van der Waals surface area contributed by atoms with Crippen LogP contribution >= 0.6 is 0 Å². The lowest BCUT2D eigenvalue weighted by Gasteiger charge is -2.34. The van der Waals surface area contributed by atoms with Crippen molar-refractivity contribution in [3.8, 4) is 11.1 Å². The maximum atomic E-state index is 13.3. The van der Waals surface area contributed by atoms with Crippen LogP contribution in [0.25, 0.3) is 11.1 Å². The van der Waals surface area contributed by atoms with Crippen LogP contribution in [-0.2, 0) is 28.7 Å². The first-order valence-corrected chi connectivity index (χ1v) is 11.5. The molecule has 2 heterocycles. The third-order valence-corrected chi connectivity index (χ3v) is 6.24. The molecule has 182 valence electrons. The van der Waals surface area contributed by atoms with E-state index in [9.17, 15) is 22.8 Å². The molecule has 0 aliphatic carbocycles. The van der Waals surface area contributed by atoms with Gasteiger partial charge in [-0.1, -0.05) is 24.3 Å². The Balaban J connectivity index is 1.49. The Kier molecular flexibility index (Phi) is 6.36. The van der Waals surface area contributed by atoms with Gasteiger partial charge in [-0.3, -0.25) is 9.69 Å². The Morgan fingerprint density at radius 3 is 2.26 bits per heavy atom. The number of rotatable bonds is 2. The molecule has 4 rings (SSSR count). The third kappa shape index (κ3) is 5.21. The lowest BCUT2D eigenvalue weighted by molar-refractivity contribution is -0.138. The number of hydrogen-bond donors (Lipinski definition) is 0. The Bertz CT molecular complexity index is 1070. The first-order chi connectivity index (χ1) is 15.9. The highest BCUT2D eigenvalue weighted by atomic mass is 19.4. The van der Waals surface area contributed by atoms with Crippen molar-refractivity contribution in [1.82, 2.24) is 9.80 Å². The van der Waals surface area contributed by atoms with Gasteiger partial charge in [-0.25, -0.2) is 4.79 Å². The van der Waals surface area contributed by atoms with Gasteiger partial charge in [0.25, 0.3) is 0 Å². The molecule has 2 aliphatic heterocycles. The molecule has 2 aromatic rings. The van der Waals surface area contributed by atoms with Crippen LogP contribution in [0.15, 0.2) is 42.5 Å². The van der Waals surface area contributed by atoms with Gasteiger partial charge in [0.05, 0.1) is 5.56 Å². The average molecular weight is 475 g/mol. The van der Waals surface area contributed by atoms with Crippen molar-refractivity contribution in [3.05, 3.63) is 59.2 Å². The molecule has 0 bridgehead atoms. The van der Waals surface area contributed by atoms with E-state index in [1.54, 1.807) is 25.7 Å². The second-order valence-corrected chi connectivity index (χ2v) is 9.90. The van der Waals surface area contributed by atoms with Gasteiger partial charge in [-0.05, 0) is 80.5 Å². The van der Waals surface area contributed by atoms with E-state index in [-0.39, 0.29) is 5.91 Å². The van der Waals surface area contributed by atoms with Crippen LogP contribution < -0.4 is 0 Å². The van der Waals surface area contributed by atoms with Crippen LogP contribution in [-0.4, -0.2) is 46.5 Å². The van der Waals surface area contributed by atoms with Gasteiger partial charge in [-0.15, -0.1) is 0 Å². The average Bonchev–Trinajstić information content (AvgIpc) is 3.26. The van der Waals surface area contributed by atoms with Gasteiger partial charge in [0, 0.05) is 19.6 Å². The highest BCUT2D eigenvalue weighted by Gasteiger charge is 2.39. The fourth-order valence-electron chi connectivity index (χ4n) is 4.55. The Morgan fingerprint density at radius 1 is 0.941 bits per heavy atom. The van der Waals surface area contributed by atoms with E-state index < -0.39 is 29.5 Å². The molecule has 1 atom stereocenters. The molecule has 2 aliphatic rings. The monoisotopic (exact) mass is 474 g/mol. The lowest BCUT2D eigenvalue weighted by Crippen LogP contribution is -2.50. The number of carbonyl (C=O) groups excluding carboxylic acids is 2. The highest BCUT2D eigenvalue weighted by molar-refractivity contribution is 5.86. The van der Waals surface area contributed by atoms with Crippen LogP contribution in [0.3, 0.4) is 0 Å². The zero-order chi connectivity index (χ0) is 24.7. The predicted molar refractivity (Wildman–Crippen MR) is 122 cm³/mol. The SMILES string of the molecule is CC(C)(C)OC(=O)N1CCC[C@@H]1C(=O)N1CCc2ccc(-c3ccc(C(F)(F)F)cc3)cc2C1. The smallest absolute Gasteiger partial charge is 0.416 e. The minimum Gasteiger partial charge on any atom is -0.444 e. The van der Waals surface area contributed by atoms with Gasteiger partial charge >= 0.3 is 12.3 Å². The maximum absolute atomic E-state index is 13.3. The summed E-state index contributed by atoms with van der Waals surface area (Å²) >= 11 is 0. The minimum absolute atomic E-state index is 0.0889. The Morgan fingerprint density at radius 2 is 1.62 bits per heavy atom. The van der Waals surface area contributed by atoms with Gasteiger partial charge in [-0.2, -0.15) is 13.2 Å². The number of amides is 2. The molecule has 2 amide bonds. The number of alkyl halides is 3. The number of fused-ring (bicyclic) bond motifs is 1. The molecular formula is C26H29F3N2O3. The van der Waals surface area contributed by atoms with E-state index >= 15 is 0 Å². The molecule has 0 aromatic heterocycles. The molecule has 0 spiro atoms. The van der Waals surface area contributed by atoms with Gasteiger partial charge in [0.1, 0.15) is 11.6 Å². The van der Waals surface area contributed by atoms with Crippen molar-refractivity contribution in [1.29, 1.82) is 0 Å². The minimum atomic E-state index is -4.37. The van der Waals surface area contributed by atoms with E-state index in [2.05, 4.69) is 0 Å². The zero-order valence-corrected chi connectivity index (χ0v) is 19.6. The summed E-state index contributed by atoms with van der Waals surface area (Å²) in [4.78, 5) is 29.3. The second-order valence-electron chi connectivity index (χ2n) is 9.90. The van der Waals surface area contributed by atoms with E-state index in [1.807, 2.05) is 18.2 Å². The van der Waals surface area contributed by atoms with E-state index in [4.69, 9.17) is 4.74 Å². The fourth-order valence-corrected chi connectivity index (χ4v) is 4.55. The molecule has 5 nitrogen and oxygen atoms in total. The maximum Gasteiger partial charge on any atom is 0.416 e. The van der Waals surface area contributed by atoms with Crippen molar-refractivity contribution in [2.45, 2.75) is 64.4 Å². The normalized spacial score (nSPS) is 18.6. The molecule has 34 heavy (non-hydrogen) atoms. The zero-order valence-electron chi connectivity index (χ0n) is 19.6. The van der Waals surface area contributed by atoms with Crippen LogP contribution in [0.5, 0.6) is 0 Å². The summed E-state index contributed by atoms with van der Waals surface area (Å²) in [5.41, 5.74) is 2.27.